The van der Waals surface area contributed by atoms with E-state index >= 15 is 0 Å². The summed E-state index contributed by atoms with van der Waals surface area (Å²) in [4.78, 5) is 14.2. The molecule has 1 aliphatic rings. The van der Waals surface area contributed by atoms with E-state index in [-0.39, 0.29) is 5.91 Å². The Balaban J connectivity index is 2.24. The zero-order chi connectivity index (χ0) is 12.7. The number of para-hydroxylation sites is 1. The minimum atomic E-state index is -0.0539. The van der Waals surface area contributed by atoms with Crippen LogP contribution in [0.3, 0.4) is 0 Å². The lowest BCUT2D eigenvalue weighted by atomic mass is 10.1. The van der Waals surface area contributed by atoms with Crippen LogP contribution in [0.25, 0.3) is 0 Å². The van der Waals surface area contributed by atoms with Gasteiger partial charge in [0.25, 0.3) is 5.91 Å². The van der Waals surface area contributed by atoms with Crippen LogP contribution >= 0.6 is 0 Å². The average molecular weight is 238 g/mol. The van der Waals surface area contributed by atoms with Crippen LogP contribution in [0.15, 0.2) is 42.5 Å². The molecule has 1 N–H and O–H groups in total. The number of carbonyl (C=O) groups excluding carboxylic acids is 1. The molecule has 18 heavy (non-hydrogen) atoms. The molecule has 1 aliphatic heterocycles. The van der Waals surface area contributed by atoms with E-state index in [0.29, 0.717) is 5.56 Å². The number of hydrogen-bond donors (Lipinski definition) is 1. The summed E-state index contributed by atoms with van der Waals surface area (Å²) in [5, 5.41) is 2.97. The summed E-state index contributed by atoms with van der Waals surface area (Å²) < 4.78 is 0. The highest BCUT2D eigenvalue weighted by atomic mass is 16.1. The molecule has 3 nitrogen and oxygen atoms in total. The fraction of sp³-hybridized carbons (Fsp3) is 0.133. The van der Waals surface area contributed by atoms with Gasteiger partial charge in [0.2, 0.25) is 0 Å². The van der Waals surface area contributed by atoms with Crippen LogP contribution in [0.2, 0.25) is 0 Å². The number of amides is 1. The van der Waals surface area contributed by atoms with Gasteiger partial charge in [0.05, 0.1) is 22.6 Å². The highest BCUT2D eigenvalue weighted by molar-refractivity contribution is 6.12. The Kier molecular flexibility index (Phi) is 2.33. The molecule has 2 aromatic rings. The molecule has 0 unspecified atom stereocenters. The van der Waals surface area contributed by atoms with E-state index in [9.17, 15) is 4.79 Å². The first kappa shape index (κ1) is 10.8. The molecule has 0 aromatic heterocycles. The molecule has 3 heteroatoms. The van der Waals surface area contributed by atoms with Gasteiger partial charge in [-0.05, 0) is 36.8 Å². The van der Waals surface area contributed by atoms with Crippen molar-refractivity contribution in [3.8, 4) is 0 Å². The topological polar surface area (TPSA) is 32.3 Å². The molecule has 0 fully saturated rings. The van der Waals surface area contributed by atoms with Crippen molar-refractivity contribution < 1.29 is 4.79 Å². The van der Waals surface area contributed by atoms with Gasteiger partial charge in [0.15, 0.2) is 0 Å². The molecule has 2 aromatic carbocycles. The van der Waals surface area contributed by atoms with Crippen molar-refractivity contribution in [2.24, 2.45) is 0 Å². The quantitative estimate of drug-likeness (QED) is 0.763. The van der Waals surface area contributed by atoms with Crippen molar-refractivity contribution in [1.29, 1.82) is 0 Å². The Hall–Kier alpha value is -2.29. The number of rotatable bonds is 0. The Morgan fingerprint density at radius 3 is 2.67 bits per heavy atom. The summed E-state index contributed by atoms with van der Waals surface area (Å²) in [5.74, 6) is -0.0539. The van der Waals surface area contributed by atoms with Gasteiger partial charge in [0, 0.05) is 7.05 Å². The molecule has 0 radical (unpaired) electrons. The lowest BCUT2D eigenvalue weighted by Gasteiger charge is -2.20. The van der Waals surface area contributed by atoms with Crippen molar-refractivity contribution in [3.05, 3.63) is 53.6 Å². The third-order valence-corrected chi connectivity index (χ3v) is 3.27. The molecule has 0 saturated carbocycles. The summed E-state index contributed by atoms with van der Waals surface area (Å²) in [6.07, 6.45) is 0. The van der Waals surface area contributed by atoms with Crippen LogP contribution in [0.4, 0.5) is 17.1 Å². The number of fused-ring (bicyclic) bond motifs is 2. The van der Waals surface area contributed by atoms with E-state index in [4.69, 9.17) is 0 Å². The fourth-order valence-electron chi connectivity index (χ4n) is 2.32. The van der Waals surface area contributed by atoms with E-state index in [0.717, 1.165) is 22.6 Å². The largest absolute Gasteiger partial charge is 0.342 e. The van der Waals surface area contributed by atoms with Crippen LogP contribution in [0.1, 0.15) is 15.9 Å². The highest BCUT2D eigenvalue weighted by Gasteiger charge is 2.22. The third-order valence-electron chi connectivity index (χ3n) is 3.27. The molecule has 0 aliphatic carbocycles. The van der Waals surface area contributed by atoms with Crippen LogP contribution in [-0.2, 0) is 0 Å². The second-order valence-corrected chi connectivity index (χ2v) is 4.55. The highest BCUT2D eigenvalue weighted by Crippen LogP contribution is 2.36. The zero-order valence-corrected chi connectivity index (χ0v) is 10.4. The predicted octanol–water partition coefficient (Wildman–Crippen LogP) is 3.33. The Labute approximate surface area is 106 Å². The molecule has 3 rings (SSSR count). The number of anilines is 3. The lowest BCUT2D eigenvalue weighted by molar-refractivity contribution is 0.102. The first-order chi connectivity index (χ1) is 8.66. The number of carbonyl (C=O) groups is 1. The van der Waals surface area contributed by atoms with E-state index in [1.165, 1.54) is 0 Å². The van der Waals surface area contributed by atoms with Gasteiger partial charge in [-0.25, -0.2) is 0 Å². The van der Waals surface area contributed by atoms with Crippen molar-refractivity contribution in [1.82, 2.24) is 0 Å². The molecule has 0 spiro atoms. The van der Waals surface area contributed by atoms with Gasteiger partial charge < -0.3 is 10.2 Å². The minimum absolute atomic E-state index is 0.0539. The normalized spacial score (nSPS) is 13.4. The van der Waals surface area contributed by atoms with Crippen molar-refractivity contribution in [2.75, 3.05) is 17.3 Å². The van der Waals surface area contributed by atoms with Crippen LogP contribution in [0.5, 0.6) is 0 Å². The van der Waals surface area contributed by atoms with E-state index in [2.05, 4.69) is 11.4 Å². The molecule has 0 saturated heterocycles. The Bertz CT molecular complexity index is 634. The molecule has 0 bridgehead atoms. The number of hydrogen-bond acceptors (Lipinski definition) is 2. The second kappa shape index (κ2) is 3.88. The van der Waals surface area contributed by atoms with Gasteiger partial charge in [0.1, 0.15) is 0 Å². The SMILES string of the molecule is Cc1ccc2c(c1)NC(=O)c1ccccc1N2C. The standard InChI is InChI=1S/C15H14N2O/c1-10-7-8-14-12(9-10)16-15(18)11-5-3-4-6-13(11)17(14)2/h3-9H,1-2H3,(H,16,18). The van der Waals surface area contributed by atoms with E-state index in [1.54, 1.807) is 0 Å². The number of nitrogens with one attached hydrogen (secondary N) is 1. The predicted molar refractivity (Wildman–Crippen MR) is 73.6 cm³/mol. The Morgan fingerprint density at radius 2 is 1.83 bits per heavy atom. The summed E-state index contributed by atoms with van der Waals surface area (Å²) in [7, 11) is 1.98. The minimum Gasteiger partial charge on any atom is -0.342 e. The summed E-state index contributed by atoms with van der Waals surface area (Å²) in [5.41, 5.74) is 4.64. The summed E-state index contributed by atoms with van der Waals surface area (Å²) in [6.45, 7) is 2.02. The van der Waals surface area contributed by atoms with Crippen LogP contribution in [0, 0.1) is 6.92 Å². The smallest absolute Gasteiger partial charge is 0.257 e. The van der Waals surface area contributed by atoms with Gasteiger partial charge in [-0.2, -0.15) is 0 Å². The molecule has 1 heterocycles. The molecular formula is C15H14N2O. The zero-order valence-electron chi connectivity index (χ0n) is 10.4. The van der Waals surface area contributed by atoms with Crippen LogP contribution < -0.4 is 10.2 Å². The maximum atomic E-state index is 12.2. The number of nitrogens with zero attached hydrogens (tertiary/aromatic N) is 1. The number of aryl methyl sites for hydroxylation is 1. The molecule has 90 valence electrons. The van der Waals surface area contributed by atoms with Gasteiger partial charge >= 0.3 is 0 Å². The maximum absolute atomic E-state index is 12.2. The summed E-state index contributed by atoms with van der Waals surface area (Å²) in [6, 6.07) is 13.7. The second-order valence-electron chi connectivity index (χ2n) is 4.55. The molecule has 0 atom stereocenters. The summed E-state index contributed by atoms with van der Waals surface area (Å²) >= 11 is 0. The van der Waals surface area contributed by atoms with Gasteiger partial charge in [-0.3, -0.25) is 4.79 Å². The average Bonchev–Trinajstić information content (AvgIpc) is 2.47. The van der Waals surface area contributed by atoms with Crippen molar-refractivity contribution in [3.63, 3.8) is 0 Å². The molecular weight excluding hydrogens is 224 g/mol. The van der Waals surface area contributed by atoms with Gasteiger partial charge in [-0.15, -0.1) is 0 Å². The number of benzene rings is 2. The monoisotopic (exact) mass is 238 g/mol. The van der Waals surface area contributed by atoms with E-state index in [1.807, 2.05) is 55.3 Å². The van der Waals surface area contributed by atoms with Gasteiger partial charge in [-0.1, -0.05) is 18.2 Å². The maximum Gasteiger partial charge on any atom is 0.257 e. The van der Waals surface area contributed by atoms with Crippen molar-refractivity contribution >= 4 is 23.0 Å². The van der Waals surface area contributed by atoms with E-state index < -0.39 is 0 Å². The fourth-order valence-corrected chi connectivity index (χ4v) is 2.32. The Morgan fingerprint density at radius 1 is 1.06 bits per heavy atom. The first-order valence-electron chi connectivity index (χ1n) is 5.91. The lowest BCUT2D eigenvalue weighted by Crippen LogP contribution is -2.11. The third kappa shape index (κ3) is 1.56. The van der Waals surface area contributed by atoms with Crippen molar-refractivity contribution in [2.45, 2.75) is 6.92 Å². The first-order valence-corrected chi connectivity index (χ1v) is 5.91. The molecule has 1 amide bonds. The van der Waals surface area contributed by atoms with Crippen LogP contribution in [-0.4, -0.2) is 13.0 Å².